The summed E-state index contributed by atoms with van der Waals surface area (Å²) >= 11 is 1.26. The number of aromatic nitrogens is 2. The van der Waals surface area contributed by atoms with Gasteiger partial charge in [0, 0.05) is 5.25 Å². The van der Waals surface area contributed by atoms with Crippen LogP contribution in [0.1, 0.15) is 6.42 Å². The van der Waals surface area contributed by atoms with Gasteiger partial charge >= 0.3 is 0 Å². The van der Waals surface area contributed by atoms with Gasteiger partial charge in [-0.25, -0.2) is 13.4 Å². The molecule has 2 heterocycles. The number of sulfone groups is 1. The van der Waals surface area contributed by atoms with Crippen molar-refractivity contribution in [2.45, 2.75) is 16.7 Å². The van der Waals surface area contributed by atoms with Gasteiger partial charge in [0.15, 0.2) is 14.9 Å². The van der Waals surface area contributed by atoms with Crippen LogP contribution in [-0.2, 0) is 9.84 Å². The molecule has 1 aromatic carbocycles. The zero-order chi connectivity index (χ0) is 13.5. The summed E-state index contributed by atoms with van der Waals surface area (Å²) in [7, 11) is -2.93. The molecule has 19 heavy (non-hydrogen) atoms. The first kappa shape index (κ1) is 12.7. The minimum atomic E-state index is -2.93. The summed E-state index contributed by atoms with van der Waals surface area (Å²) in [5, 5.41) is 0.278. The van der Waals surface area contributed by atoms with E-state index in [-0.39, 0.29) is 22.3 Å². The summed E-state index contributed by atoms with van der Waals surface area (Å²) in [4.78, 5) is 19.0. The average Bonchev–Trinajstić information content (AvgIpc) is 2.70. The van der Waals surface area contributed by atoms with Gasteiger partial charge in [0.1, 0.15) is 0 Å². The minimum Gasteiger partial charge on any atom is -0.318 e. The number of hydrogen-bond acceptors (Lipinski definition) is 5. The van der Waals surface area contributed by atoms with Gasteiger partial charge in [-0.1, -0.05) is 23.9 Å². The van der Waals surface area contributed by atoms with Gasteiger partial charge in [-0.3, -0.25) is 4.79 Å². The van der Waals surface area contributed by atoms with Crippen LogP contribution < -0.4 is 5.56 Å². The Morgan fingerprint density at radius 3 is 2.84 bits per heavy atom. The molecule has 0 saturated carbocycles. The molecule has 1 aromatic heterocycles. The Labute approximate surface area is 114 Å². The van der Waals surface area contributed by atoms with Crippen molar-refractivity contribution in [1.29, 1.82) is 0 Å². The lowest BCUT2D eigenvalue weighted by Gasteiger charge is -2.06. The molecule has 0 radical (unpaired) electrons. The number of fused-ring (bicyclic) bond motifs is 1. The van der Waals surface area contributed by atoms with Crippen molar-refractivity contribution in [3.8, 4) is 0 Å². The van der Waals surface area contributed by atoms with E-state index in [9.17, 15) is 13.2 Å². The zero-order valence-corrected chi connectivity index (χ0v) is 11.6. The summed E-state index contributed by atoms with van der Waals surface area (Å²) in [6, 6.07) is 7.29. The second-order valence-corrected chi connectivity index (χ2v) is 8.05. The highest BCUT2D eigenvalue weighted by atomic mass is 32.2. The Bertz CT molecular complexity index is 783. The lowest BCUT2D eigenvalue weighted by atomic mass is 10.3. The van der Waals surface area contributed by atoms with Crippen LogP contribution in [0.4, 0.5) is 0 Å². The van der Waals surface area contributed by atoms with Crippen LogP contribution in [0.15, 0.2) is 34.1 Å². The van der Waals surface area contributed by atoms with Gasteiger partial charge in [0.25, 0.3) is 5.56 Å². The molecule has 1 aliphatic heterocycles. The number of hydrogen-bond donors (Lipinski definition) is 1. The van der Waals surface area contributed by atoms with Gasteiger partial charge in [-0.2, -0.15) is 0 Å². The van der Waals surface area contributed by atoms with Crippen molar-refractivity contribution >= 4 is 32.6 Å². The lowest BCUT2D eigenvalue weighted by molar-refractivity contribution is 0.602. The van der Waals surface area contributed by atoms with E-state index < -0.39 is 9.84 Å². The Balaban J connectivity index is 1.93. The molecule has 3 rings (SSSR count). The normalized spacial score (nSPS) is 21.8. The molecule has 5 nitrogen and oxygen atoms in total. The third kappa shape index (κ3) is 2.66. The maximum Gasteiger partial charge on any atom is 0.280 e. The molecule has 0 bridgehead atoms. The predicted octanol–water partition coefficient (Wildman–Crippen LogP) is 1.20. The fraction of sp³-hybridized carbons (Fsp3) is 0.333. The van der Waals surface area contributed by atoms with Crippen LogP contribution >= 0.6 is 11.8 Å². The van der Waals surface area contributed by atoms with Crippen molar-refractivity contribution in [3.05, 3.63) is 34.6 Å². The van der Waals surface area contributed by atoms with E-state index in [1.165, 1.54) is 11.8 Å². The van der Waals surface area contributed by atoms with Crippen molar-refractivity contribution in [1.82, 2.24) is 9.97 Å². The monoisotopic (exact) mass is 296 g/mol. The minimum absolute atomic E-state index is 0.0697. The number of nitrogens with one attached hydrogen (secondary N) is 1. The summed E-state index contributed by atoms with van der Waals surface area (Å²) in [6.07, 6.45) is 0.584. The second kappa shape index (κ2) is 4.64. The Morgan fingerprint density at radius 2 is 2.11 bits per heavy atom. The maximum atomic E-state index is 11.9. The molecular weight excluding hydrogens is 284 g/mol. The molecule has 7 heteroatoms. The van der Waals surface area contributed by atoms with Crippen LogP contribution in [0.2, 0.25) is 0 Å². The zero-order valence-electron chi connectivity index (χ0n) is 10.00. The van der Waals surface area contributed by atoms with E-state index in [0.29, 0.717) is 22.5 Å². The maximum absolute atomic E-state index is 11.9. The van der Waals surface area contributed by atoms with Crippen molar-refractivity contribution in [2.75, 3.05) is 11.5 Å². The Kier molecular flexibility index (Phi) is 3.10. The highest BCUT2D eigenvalue weighted by Gasteiger charge is 2.29. The number of nitrogens with zero attached hydrogens (tertiary/aromatic N) is 1. The van der Waals surface area contributed by atoms with Gasteiger partial charge < -0.3 is 4.98 Å². The molecule has 2 aromatic rings. The Hall–Kier alpha value is -1.34. The number of benzene rings is 1. The van der Waals surface area contributed by atoms with Crippen LogP contribution in [-0.4, -0.2) is 35.1 Å². The van der Waals surface area contributed by atoms with E-state index in [2.05, 4.69) is 9.97 Å². The van der Waals surface area contributed by atoms with E-state index in [0.717, 1.165) is 0 Å². The fourth-order valence-electron chi connectivity index (χ4n) is 2.10. The van der Waals surface area contributed by atoms with Crippen molar-refractivity contribution in [2.24, 2.45) is 0 Å². The first-order valence-corrected chi connectivity index (χ1v) is 8.60. The quantitative estimate of drug-likeness (QED) is 0.901. The van der Waals surface area contributed by atoms with Crippen LogP contribution in [0.5, 0.6) is 0 Å². The smallest absolute Gasteiger partial charge is 0.280 e. The summed E-state index contributed by atoms with van der Waals surface area (Å²) in [6.45, 7) is 0. The van der Waals surface area contributed by atoms with Crippen molar-refractivity contribution in [3.63, 3.8) is 0 Å². The number of rotatable bonds is 2. The molecule has 1 aliphatic rings. The van der Waals surface area contributed by atoms with Gasteiger partial charge in [0.05, 0.1) is 22.5 Å². The topological polar surface area (TPSA) is 79.9 Å². The van der Waals surface area contributed by atoms with Crippen LogP contribution in [0.25, 0.3) is 11.0 Å². The van der Waals surface area contributed by atoms with E-state index >= 15 is 0 Å². The molecule has 100 valence electrons. The molecule has 0 unspecified atom stereocenters. The van der Waals surface area contributed by atoms with Crippen LogP contribution in [0, 0.1) is 0 Å². The molecule has 1 fully saturated rings. The van der Waals surface area contributed by atoms with E-state index in [1.54, 1.807) is 6.07 Å². The second-order valence-electron chi connectivity index (χ2n) is 4.53. The first-order valence-electron chi connectivity index (χ1n) is 5.90. The number of thioether (sulfide) groups is 1. The van der Waals surface area contributed by atoms with Gasteiger partial charge in [0.2, 0.25) is 0 Å². The number of para-hydroxylation sites is 2. The average molecular weight is 296 g/mol. The van der Waals surface area contributed by atoms with E-state index in [1.807, 2.05) is 18.2 Å². The largest absolute Gasteiger partial charge is 0.318 e. The van der Waals surface area contributed by atoms with E-state index in [4.69, 9.17) is 0 Å². The number of aromatic amines is 1. The lowest BCUT2D eigenvalue weighted by Crippen LogP contribution is -2.14. The number of H-pyrrole nitrogens is 1. The molecule has 1 saturated heterocycles. The first-order chi connectivity index (χ1) is 9.03. The highest BCUT2D eigenvalue weighted by molar-refractivity contribution is 8.01. The van der Waals surface area contributed by atoms with Crippen molar-refractivity contribution < 1.29 is 8.42 Å². The predicted molar refractivity (Wildman–Crippen MR) is 75.3 cm³/mol. The molecule has 0 spiro atoms. The molecule has 1 N–H and O–H groups in total. The summed E-state index contributed by atoms with van der Waals surface area (Å²) in [5.41, 5.74) is 1.15. The summed E-state index contributed by atoms with van der Waals surface area (Å²) < 4.78 is 22.8. The third-order valence-electron chi connectivity index (χ3n) is 3.04. The van der Waals surface area contributed by atoms with Gasteiger partial charge in [-0.15, -0.1) is 0 Å². The fourth-order valence-corrected chi connectivity index (χ4v) is 5.55. The standard InChI is InChI=1S/C12H12N2O3S2/c15-11-12(18-8-5-6-19(16,17)7-8)14-10-4-2-1-3-9(10)13-11/h1-4,8H,5-7H2,(H,13,15)/t8-/m1/s1. The van der Waals surface area contributed by atoms with Gasteiger partial charge in [-0.05, 0) is 18.6 Å². The molecule has 0 amide bonds. The van der Waals surface area contributed by atoms with Crippen LogP contribution in [0.3, 0.4) is 0 Å². The summed E-state index contributed by atoms with van der Waals surface area (Å²) in [5.74, 6) is 0.335. The SMILES string of the molecule is O=c1[nH]c2ccccc2nc1S[C@@H]1CCS(=O)(=O)C1. The molecule has 1 atom stereocenters. The highest BCUT2D eigenvalue weighted by Crippen LogP contribution is 2.28. The Morgan fingerprint density at radius 1 is 1.32 bits per heavy atom. The molecule has 0 aliphatic carbocycles. The third-order valence-corrected chi connectivity index (χ3v) is 6.25. The molecular formula is C12H12N2O3S2.